The fourth-order valence-corrected chi connectivity index (χ4v) is 2.56. The summed E-state index contributed by atoms with van der Waals surface area (Å²) < 4.78 is 0.831. The van der Waals surface area contributed by atoms with Crippen molar-refractivity contribution in [2.24, 2.45) is 5.41 Å². The first-order valence-corrected chi connectivity index (χ1v) is 8.52. The molecule has 4 nitrogen and oxygen atoms in total. The number of amides is 2. The third-order valence-corrected chi connectivity index (χ3v) is 4.05. The lowest BCUT2D eigenvalue weighted by Crippen LogP contribution is -2.27. The Balaban J connectivity index is 2.16. The predicted octanol–water partition coefficient (Wildman–Crippen LogP) is 5.34. The number of halogens is 2. The quantitative estimate of drug-likeness (QED) is 0.719. The fraction of sp³-hybridized carbons (Fsp3) is 0.222. The summed E-state index contributed by atoms with van der Waals surface area (Å²) in [6.07, 6.45) is 0. The maximum atomic E-state index is 12.4. The Morgan fingerprint density at radius 1 is 1.04 bits per heavy atom. The number of hydrogen-bond acceptors (Lipinski definition) is 2. The van der Waals surface area contributed by atoms with Crippen molar-refractivity contribution in [3.8, 4) is 0 Å². The Hall–Kier alpha value is -1.85. The lowest BCUT2D eigenvalue weighted by atomic mass is 9.95. The van der Waals surface area contributed by atoms with Crippen molar-refractivity contribution in [3.63, 3.8) is 0 Å². The second-order valence-electron chi connectivity index (χ2n) is 6.36. The van der Waals surface area contributed by atoms with E-state index in [0.29, 0.717) is 22.0 Å². The van der Waals surface area contributed by atoms with Crippen molar-refractivity contribution < 1.29 is 9.59 Å². The lowest BCUT2D eigenvalue weighted by Gasteiger charge is -2.18. The molecule has 2 aromatic rings. The number of carbonyl (C=O) groups excluding carboxylic acids is 2. The molecule has 0 heterocycles. The van der Waals surface area contributed by atoms with Crippen LogP contribution < -0.4 is 10.6 Å². The normalized spacial score (nSPS) is 11.0. The van der Waals surface area contributed by atoms with E-state index in [0.717, 1.165) is 4.47 Å². The third kappa shape index (κ3) is 4.82. The van der Waals surface area contributed by atoms with Crippen molar-refractivity contribution in [1.29, 1.82) is 0 Å². The van der Waals surface area contributed by atoms with Gasteiger partial charge in [-0.05, 0) is 36.4 Å². The van der Waals surface area contributed by atoms with Crippen LogP contribution in [0.15, 0.2) is 46.9 Å². The van der Waals surface area contributed by atoms with Crippen LogP contribution in [0.5, 0.6) is 0 Å². The zero-order valence-corrected chi connectivity index (χ0v) is 16.0. The molecule has 2 aromatic carbocycles. The van der Waals surface area contributed by atoms with Crippen molar-refractivity contribution in [2.75, 3.05) is 10.6 Å². The molecule has 2 rings (SSSR count). The monoisotopic (exact) mass is 408 g/mol. The van der Waals surface area contributed by atoms with Crippen LogP contribution in [0, 0.1) is 5.41 Å². The molecule has 0 radical (unpaired) electrons. The Bertz CT molecular complexity index is 785. The zero-order chi connectivity index (χ0) is 17.9. The summed E-state index contributed by atoms with van der Waals surface area (Å²) >= 11 is 9.43. The number of hydrogen-bond donors (Lipinski definition) is 2. The van der Waals surface area contributed by atoms with Gasteiger partial charge in [0.1, 0.15) is 0 Å². The van der Waals surface area contributed by atoms with E-state index in [4.69, 9.17) is 11.6 Å². The number of anilines is 2. The van der Waals surface area contributed by atoms with Gasteiger partial charge in [-0.25, -0.2) is 0 Å². The number of nitrogens with one attached hydrogen (secondary N) is 2. The molecule has 0 aromatic heterocycles. The molecule has 24 heavy (non-hydrogen) atoms. The minimum Gasteiger partial charge on any atom is -0.326 e. The van der Waals surface area contributed by atoms with Gasteiger partial charge in [0.15, 0.2) is 0 Å². The molecule has 0 saturated heterocycles. The highest BCUT2D eigenvalue weighted by Crippen LogP contribution is 2.26. The SMILES string of the molecule is CC(C)(C)C(=O)Nc1cccc(C(=O)Nc2ccc(Br)cc2Cl)c1. The number of benzene rings is 2. The molecular formula is C18H18BrClN2O2. The van der Waals surface area contributed by atoms with Crippen LogP contribution in [-0.2, 0) is 4.79 Å². The second kappa shape index (κ2) is 7.36. The maximum absolute atomic E-state index is 12.4. The Kier molecular flexibility index (Phi) is 5.67. The van der Waals surface area contributed by atoms with Gasteiger partial charge in [-0.15, -0.1) is 0 Å². The first-order chi connectivity index (χ1) is 11.2. The number of rotatable bonds is 3. The second-order valence-corrected chi connectivity index (χ2v) is 7.69. The third-order valence-electron chi connectivity index (χ3n) is 3.24. The molecule has 0 unspecified atom stereocenters. The van der Waals surface area contributed by atoms with E-state index in [-0.39, 0.29) is 11.8 Å². The molecule has 0 saturated carbocycles. The average Bonchev–Trinajstić information content (AvgIpc) is 2.49. The van der Waals surface area contributed by atoms with Gasteiger partial charge in [-0.1, -0.05) is 54.4 Å². The maximum Gasteiger partial charge on any atom is 0.255 e. The average molecular weight is 410 g/mol. The van der Waals surface area contributed by atoms with Gasteiger partial charge >= 0.3 is 0 Å². The molecule has 0 fully saturated rings. The van der Waals surface area contributed by atoms with E-state index in [1.165, 1.54) is 0 Å². The van der Waals surface area contributed by atoms with Crippen molar-refractivity contribution in [3.05, 3.63) is 57.5 Å². The van der Waals surface area contributed by atoms with Crippen LogP contribution in [0.1, 0.15) is 31.1 Å². The predicted molar refractivity (Wildman–Crippen MR) is 102 cm³/mol. The van der Waals surface area contributed by atoms with Gasteiger partial charge in [0.2, 0.25) is 5.91 Å². The lowest BCUT2D eigenvalue weighted by molar-refractivity contribution is -0.123. The summed E-state index contributed by atoms with van der Waals surface area (Å²) in [6.45, 7) is 5.48. The van der Waals surface area contributed by atoms with Crippen LogP contribution in [0.3, 0.4) is 0 Å². The first kappa shape index (κ1) is 18.5. The molecular weight excluding hydrogens is 392 g/mol. The summed E-state index contributed by atoms with van der Waals surface area (Å²) in [6, 6.07) is 12.0. The summed E-state index contributed by atoms with van der Waals surface area (Å²) in [5, 5.41) is 6.01. The van der Waals surface area contributed by atoms with Gasteiger partial charge in [0, 0.05) is 21.1 Å². The molecule has 0 spiro atoms. The van der Waals surface area contributed by atoms with E-state index in [1.54, 1.807) is 42.5 Å². The summed E-state index contributed by atoms with van der Waals surface area (Å²) in [7, 11) is 0. The minimum atomic E-state index is -0.511. The molecule has 0 aliphatic heterocycles. The highest BCUT2D eigenvalue weighted by atomic mass is 79.9. The molecule has 0 aliphatic rings. The Labute approximate surface area is 154 Å². The molecule has 6 heteroatoms. The highest BCUT2D eigenvalue weighted by Gasteiger charge is 2.21. The zero-order valence-electron chi connectivity index (χ0n) is 13.6. The summed E-state index contributed by atoms with van der Waals surface area (Å²) in [5.74, 6) is -0.415. The molecule has 0 atom stereocenters. The minimum absolute atomic E-state index is 0.115. The van der Waals surface area contributed by atoms with Crippen molar-refractivity contribution in [2.45, 2.75) is 20.8 Å². The Morgan fingerprint density at radius 3 is 2.38 bits per heavy atom. The Morgan fingerprint density at radius 2 is 1.75 bits per heavy atom. The summed E-state index contributed by atoms with van der Waals surface area (Å²) in [4.78, 5) is 24.4. The van der Waals surface area contributed by atoms with Gasteiger partial charge in [0.05, 0.1) is 10.7 Å². The van der Waals surface area contributed by atoms with Crippen molar-refractivity contribution >= 4 is 50.7 Å². The van der Waals surface area contributed by atoms with E-state index < -0.39 is 5.41 Å². The van der Waals surface area contributed by atoms with Gasteiger partial charge < -0.3 is 10.6 Å². The van der Waals surface area contributed by atoms with Crippen molar-refractivity contribution in [1.82, 2.24) is 0 Å². The van der Waals surface area contributed by atoms with Gasteiger partial charge in [0.25, 0.3) is 5.91 Å². The standard InChI is InChI=1S/C18H18BrClN2O2/c1-18(2,3)17(24)21-13-6-4-5-11(9-13)16(23)22-15-8-7-12(19)10-14(15)20/h4-10H,1-3H3,(H,21,24)(H,22,23). The van der Waals surface area contributed by atoms with Gasteiger partial charge in [-0.3, -0.25) is 9.59 Å². The van der Waals surface area contributed by atoms with Gasteiger partial charge in [-0.2, -0.15) is 0 Å². The summed E-state index contributed by atoms with van der Waals surface area (Å²) in [5.41, 5.74) is 1.02. The highest BCUT2D eigenvalue weighted by molar-refractivity contribution is 9.10. The van der Waals surface area contributed by atoms with Crippen LogP contribution in [0.25, 0.3) is 0 Å². The van der Waals surface area contributed by atoms with Crippen LogP contribution in [0.2, 0.25) is 5.02 Å². The fourth-order valence-electron chi connectivity index (χ4n) is 1.84. The van der Waals surface area contributed by atoms with Crippen LogP contribution in [-0.4, -0.2) is 11.8 Å². The van der Waals surface area contributed by atoms with E-state index in [9.17, 15) is 9.59 Å². The van der Waals surface area contributed by atoms with Crippen LogP contribution >= 0.6 is 27.5 Å². The molecule has 126 valence electrons. The smallest absolute Gasteiger partial charge is 0.255 e. The molecule has 2 amide bonds. The van der Waals surface area contributed by atoms with E-state index in [1.807, 2.05) is 20.8 Å². The molecule has 0 aliphatic carbocycles. The molecule has 0 bridgehead atoms. The molecule has 2 N–H and O–H groups in total. The first-order valence-electron chi connectivity index (χ1n) is 7.35. The van der Waals surface area contributed by atoms with E-state index in [2.05, 4.69) is 26.6 Å². The largest absolute Gasteiger partial charge is 0.326 e. The van der Waals surface area contributed by atoms with Crippen LogP contribution in [0.4, 0.5) is 11.4 Å². The van der Waals surface area contributed by atoms with E-state index >= 15 is 0 Å². The number of carbonyl (C=O) groups is 2. The topological polar surface area (TPSA) is 58.2 Å².